The molecule has 0 heterocycles. The maximum absolute atomic E-state index is 13.8. The first-order chi connectivity index (χ1) is 9.43. The zero-order chi connectivity index (χ0) is 14.9. The fourth-order valence-corrected chi connectivity index (χ4v) is 2.47. The quantitative estimate of drug-likeness (QED) is 0.867. The van der Waals surface area contributed by atoms with Crippen molar-refractivity contribution < 1.29 is 27.8 Å². The molecule has 1 aromatic rings. The Hall–Kier alpha value is -1.72. The van der Waals surface area contributed by atoms with Crippen molar-refractivity contribution in [3.05, 3.63) is 29.1 Å². The van der Waals surface area contributed by atoms with E-state index in [4.69, 9.17) is 9.84 Å². The SMILES string of the molecule is COc1c(F)cc(C(F)F)cc1C(CC(=O)O)C1CC1. The van der Waals surface area contributed by atoms with Crippen LogP contribution in [-0.2, 0) is 4.79 Å². The number of hydrogen-bond donors (Lipinski definition) is 1. The third kappa shape index (κ3) is 3.05. The van der Waals surface area contributed by atoms with E-state index in [0.717, 1.165) is 18.9 Å². The molecule has 0 bridgehead atoms. The topological polar surface area (TPSA) is 46.5 Å². The van der Waals surface area contributed by atoms with Crippen LogP contribution in [0.1, 0.15) is 42.7 Å². The molecule has 6 heteroatoms. The molecule has 1 fully saturated rings. The van der Waals surface area contributed by atoms with E-state index in [0.29, 0.717) is 0 Å². The molecule has 0 saturated heterocycles. The van der Waals surface area contributed by atoms with Gasteiger partial charge in [-0.25, -0.2) is 13.2 Å². The number of carboxylic acids is 1. The van der Waals surface area contributed by atoms with E-state index in [1.165, 1.54) is 13.2 Å². The second-order valence-corrected chi connectivity index (χ2v) is 4.97. The van der Waals surface area contributed by atoms with E-state index in [1.807, 2.05) is 0 Å². The summed E-state index contributed by atoms with van der Waals surface area (Å²) in [6.45, 7) is 0. The highest BCUT2D eigenvalue weighted by Crippen LogP contribution is 2.48. The fourth-order valence-electron chi connectivity index (χ4n) is 2.47. The van der Waals surface area contributed by atoms with Gasteiger partial charge in [0.2, 0.25) is 0 Å². The summed E-state index contributed by atoms with van der Waals surface area (Å²) in [6.07, 6.45) is -1.38. The lowest BCUT2D eigenvalue weighted by Gasteiger charge is -2.19. The van der Waals surface area contributed by atoms with Crippen LogP contribution in [-0.4, -0.2) is 18.2 Å². The van der Waals surface area contributed by atoms with Crippen molar-refractivity contribution in [3.63, 3.8) is 0 Å². The van der Waals surface area contributed by atoms with Gasteiger partial charge in [0.1, 0.15) is 0 Å². The van der Waals surface area contributed by atoms with E-state index in [2.05, 4.69) is 0 Å². The molecule has 1 N–H and O–H groups in total. The number of benzene rings is 1. The van der Waals surface area contributed by atoms with Gasteiger partial charge in [0.05, 0.1) is 13.5 Å². The standard InChI is InChI=1S/C14H15F3O3/c1-20-13-10(4-8(14(16)17)5-11(13)15)9(6-12(18)19)7-2-3-7/h4-5,7,9,14H,2-3,6H2,1H3,(H,18,19). The van der Waals surface area contributed by atoms with Gasteiger partial charge >= 0.3 is 5.97 Å². The second-order valence-electron chi connectivity index (χ2n) is 4.97. The predicted octanol–water partition coefficient (Wildman–Crippen LogP) is 3.74. The van der Waals surface area contributed by atoms with Crippen molar-refractivity contribution in [2.75, 3.05) is 7.11 Å². The van der Waals surface area contributed by atoms with Crippen LogP contribution in [0.3, 0.4) is 0 Å². The van der Waals surface area contributed by atoms with Crippen molar-refractivity contribution in [2.24, 2.45) is 5.92 Å². The number of alkyl halides is 2. The summed E-state index contributed by atoms with van der Waals surface area (Å²) in [5, 5.41) is 8.95. The van der Waals surface area contributed by atoms with E-state index < -0.39 is 29.7 Å². The number of hydrogen-bond acceptors (Lipinski definition) is 2. The molecule has 20 heavy (non-hydrogen) atoms. The Balaban J connectivity index is 2.47. The summed E-state index contributed by atoms with van der Waals surface area (Å²) in [6, 6.07) is 1.90. The lowest BCUT2D eigenvalue weighted by atomic mass is 9.89. The van der Waals surface area contributed by atoms with Crippen LogP contribution in [0.4, 0.5) is 13.2 Å². The number of ether oxygens (including phenoxy) is 1. The van der Waals surface area contributed by atoms with Crippen molar-refractivity contribution >= 4 is 5.97 Å². The molecule has 0 aliphatic heterocycles. The van der Waals surface area contributed by atoms with Crippen LogP contribution < -0.4 is 4.74 Å². The second kappa shape index (κ2) is 5.73. The number of carboxylic acid groups (broad SMARTS) is 1. The summed E-state index contributed by atoms with van der Waals surface area (Å²) in [4.78, 5) is 10.9. The molecule has 2 rings (SSSR count). The molecule has 0 spiro atoms. The van der Waals surface area contributed by atoms with Gasteiger partial charge in [-0.1, -0.05) is 0 Å². The van der Waals surface area contributed by atoms with Crippen molar-refractivity contribution in [1.82, 2.24) is 0 Å². The highest BCUT2D eigenvalue weighted by atomic mass is 19.3. The van der Waals surface area contributed by atoms with Gasteiger partial charge in [-0.15, -0.1) is 0 Å². The monoisotopic (exact) mass is 288 g/mol. The van der Waals surface area contributed by atoms with Crippen LogP contribution >= 0.6 is 0 Å². The summed E-state index contributed by atoms with van der Waals surface area (Å²) >= 11 is 0. The maximum Gasteiger partial charge on any atom is 0.303 e. The Morgan fingerprint density at radius 2 is 2.10 bits per heavy atom. The average molecular weight is 288 g/mol. The summed E-state index contributed by atoms with van der Waals surface area (Å²) in [5.74, 6) is -2.45. The normalized spacial score (nSPS) is 16.2. The number of carbonyl (C=O) groups is 1. The number of rotatable bonds is 6. The van der Waals surface area contributed by atoms with Gasteiger partial charge < -0.3 is 9.84 Å². The third-order valence-corrected chi connectivity index (χ3v) is 3.54. The van der Waals surface area contributed by atoms with Gasteiger partial charge in [-0.2, -0.15) is 0 Å². The Kier molecular flexibility index (Phi) is 4.20. The largest absolute Gasteiger partial charge is 0.493 e. The van der Waals surface area contributed by atoms with Crippen LogP contribution in [0.25, 0.3) is 0 Å². The number of halogens is 3. The lowest BCUT2D eigenvalue weighted by molar-refractivity contribution is -0.137. The van der Waals surface area contributed by atoms with E-state index in [9.17, 15) is 18.0 Å². The summed E-state index contributed by atoms with van der Waals surface area (Å²) in [5.41, 5.74) is -0.220. The van der Waals surface area contributed by atoms with Gasteiger partial charge in [0.15, 0.2) is 11.6 Å². The van der Waals surface area contributed by atoms with Crippen molar-refractivity contribution in [1.29, 1.82) is 0 Å². The first-order valence-electron chi connectivity index (χ1n) is 6.31. The molecular formula is C14H15F3O3. The van der Waals surface area contributed by atoms with E-state index in [1.54, 1.807) is 0 Å². The molecular weight excluding hydrogens is 273 g/mol. The minimum Gasteiger partial charge on any atom is -0.493 e. The Morgan fingerprint density at radius 1 is 1.45 bits per heavy atom. The number of methoxy groups -OCH3 is 1. The molecule has 110 valence electrons. The van der Waals surface area contributed by atoms with Crippen LogP contribution in [0.2, 0.25) is 0 Å². The number of aliphatic carboxylic acids is 1. The zero-order valence-corrected chi connectivity index (χ0v) is 10.9. The molecule has 1 atom stereocenters. The molecule has 1 aliphatic rings. The fraction of sp³-hybridized carbons (Fsp3) is 0.500. The van der Waals surface area contributed by atoms with E-state index in [-0.39, 0.29) is 23.7 Å². The average Bonchev–Trinajstić information content (AvgIpc) is 3.18. The molecule has 0 radical (unpaired) electrons. The molecule has 1 aliphatic carbocycles. The summed E-state index contributed by atoms with van der Waals surface area (Å²) in [7, 11) is 1.24. The van der Waals surface area contributed by atoms with Crippen LogP contribution in [0.5, 0.6) is 5.75 Å². The van der Waals surface area contributed by atoms with Gasteiger partial charge in [0.25, 0.3) is 6.43 Å². The van der Waals surface area contributed by atoms with Crippen molar-refractivity contribution in [2.45, 2.75) is 31.6 Å². The Morgan fingerprint density at radius 3 is 2.55 bits per heavy atom. The highest BCUT2D eigenvalue weighted by molar-refractivity contribution is 5.68. The zero-order valence-electron chi connectivity index (χ0n) is 10.9. The Bertz CT molecular complexity index is 513. The smallest absolute Gasteiger partial charge is 0.303 e. The minimum atomic E-state index is -2.81. The predicted molar refractivity (Wildman–Crippen MR) is 65.6 cm³/mol. The molecule has 1 unspecified atom stereocenters. The first kappa shape index (κ1) is 14.7. The minimum absolute atomic E-state index is 0.0901. The highest BCUT2D eigenvalue weighted by Gasteiger charge is 2.36. The van der Waals surface area contributed by atoms with Gasteiger partial charge in [-0.3, -0.25) is 4.79 Å². The van der Waals surface area contributed by atoms with Crippen LogP contribution in [0.15, 0.2) is 12.1 Å². The molecule has 1 saturated carbocycles. The molecule has 0 amide bonds. The first-order valence-corrected chi connectivity index (χ1v) is 6.31. The van der Waals surface area contributed by atoms with Crippen molar-refractivity contribution in [3.8, 4) is 5.75 Å². The van der Waals surface area contributed by atoms with Crippen LogP contribution in [0, 0.1) is 11.7 Å². The summed E-state index contributed by atoms with van der Waals surface area (Å²) < 4.78 is 44.3. The molecule has 3 nitrogen and oxygen atoms in total. The third-order valence-electron chi connectivity index (χ3n) is 3.54. The Labute approximate surface area is 114 Å². The molecule has 1 aromatic carbocycles. The molecule has 0 aromatic heterocycles. The van der Waals surface area contributed by atoms with Gasteiger partial charge in [0, 0.05) is 17.0 Å². The van der Waals surface area contributed by atoms with E-state index >= 15 is 0 Å². The maximum atomic E-state index is 13.8. The van der Waals surface area contributed by atoms with Gasteiger partial charge in [-0.05, 0) is 30.9 Å². The lowest BCUT2D eigenvalue weighted by Crippen LogP contribution is -2.11.